The second kappa shape index (κ2) is 9.10. The molecule has 0 unspecified atom stereocenters. The predicted octanol–water partition coefficient (Wildman–Crippen LogP) is 4.66. The zero-order chi connectivity index (χ0) is 22.0. The Bertz CT molecular complexity index is 1160. The van der Waals surface area contributed by atoms with E-state index in [4.69, 9.17) is 34.8 Å². The van der Waals surface area contributed by atoms with E-state index in [-0.39, 0.29) is 11.8 Å². The van der Waals surface area contributed by atoms with Gasteiger partial charge in [-0.05, 0) is 42.5 Å². The molecule has 0 spiro atoms. The maximum absolute atomic E-state index is 12.9. The first-order chi connectivity index (χ1) is 14.9. The van der Waals surface area contributed by atoms with Crippen LogP contribution in [-0.4, -0.2) is 28.8 Å². The number of nitrogens with zero attached hydrogens (tertiary/aromatic N) is 1. The maximum Gasteiger partial charge on any atom is 0.304 e. The van der Waals surface area contributed by atoms with E-state index < -0.39 is 12.1 Å². The molecule has 8 heteroatoms. The summed E-state index contributed by atoms with van der Waals surface area (Å²) >= 11 is 18.2. The largest absolute Gasteiger partial charge is 0.334 e. The van der Waals surface area contributed by atoms with E-state index >= 15 is 0 Å². The molecule has 2 atom stereocenters. The van der Waals surface area contributed by atoms with E-state index in [0.29, 0.717) is 26.2 Å². The lowest BCUT2D eigenvalue weighted by atomic mass is 10.00. The molecular formula is C23H17Cl3N3O2+. The van der Waals surface area contributed by atoms with Crippen molar-refractivity contribution in [2.45, 2.75) is 12.1 Å². The topological polar surface area (TPSA) is 61.2 Å². The quantitative estimate of drug-likeness (QED) is 0.541. The van der Waals surface area contributed by atoms with Crippen LogP contribution < -0.4 is 10.7 Å². The molecule has 0 radical (unpaired) electrons. The van der Waals surface area contributed by atoms with Crippen LogP contribution in [0.1, 0.15) is 27.5 Å². The second-order valence-corrected chi connectivity index (χ2v) is 8.27. The van der Waals surface area contributed by atoms with Gasteiger partial charge in [-0.25, -0.2) is 0 Å². The van der Waals surface area contributed by atoms with Crippen LogP contribution in [0.25, 0.3) is 0 Å². The van der Waals surface area contributed by atoms with Crippen LogP contribution in [0, 0.1) is 0 Å². The lowest BCUT2D eigenvalue weighted by Crippen LogP contribution is -2.42. The number of carbonyl (C=O) groups excluding carboxylic acids is 2. The first kappa shape index (κ1) is 21.4. The van der Waals surface area contributed by atoms with Crippen LogP contribution in [0.2, 0.25) is 15.1 Å². The Kier molecular flexibility index (Phi) is 6.28. The number of hydrogen-bond acceptors (Lipinski definition) is 2. The number of hydrazine groups is 1. The summed E-state index contributed by atoms with van der Waals surface area (Å²) in [6, 6.07) is 19.7. The summed E-state index contributed by atoms with van der Waals surface area (Å²) in [5.41, 5.74) is 4.76. The molecule has 1 fully saturated rings. The van der Waals surface area contributed by atoms with E-state index in [1.165, 1.54) is 0 Å². The van der Waals surface area contributed by atoms with Gasteiger partial charge in [0.1, 0.15) is 0 Å². The van der Waals surface area contributed by atoms with Gasteiger partial charge in [0.05, 0.1) is 10.6 Å². The normalized spacial score (nSPS) is 19.3. The van der Waals surface area contributed by atoms with Crippen molar-refractivity contribution in [3.63, 3.8) is 0 Å². The minimum absolute atomic E-state index is 0.336. The zero-order valence-electron chi connectivity index (χ0n) is 16.1. The molecule has 2 N–H and O–H groups in total. The van der Waals surface area contributed by atoms with Crippen molar-refractivity contribution in [3.8, 4) is 0 Å². The van der Waals surface area contributed by atoms with Crippen molar-refractivity contribution in [1.82, 2.24) is 10.7 Å². The Morgan fingerprint density at radius 3 is 2.29 bits per heavy atom. The van der Waals surface area contributed by atoms with Gasteiger partial charge in [0.2, 0.25) is 12.3 Å². The smallest absolute Gasteiger partial charge is 0.304 e. The van der Waals surface area contributed by atoms with Gasteiger partial charge in [-0.3, -0.25) is 9.59 Å². The average molecular weight is 474 g/mol. The Labute approximate surface area is 194 Å². The fraction of sp³-hybridized carbons (Fsp3) is 0.0870. The van der Waals surface area contributed by atoms with Crippen molar-refractivity contribution >= 4 is 52.8 Å². The first-order valence-electron chi connectivity index (χ1n) is 9.42. The van der Waals surface area contributed by atoms with Crippen molar-refractivity contribution < 1.29 is 14.3 Å². The van der Waals surface area contributed by atoms with E-state index in [2.05, 4.69) is 10.7 Å². The number of halogens is 3. The van der Waals surface area contributed by atoms with Crippen LogP contribution >= 0.6 is 34.8 Å². The molecule has 1 heterocycles. The summed E-state index contributed by atoms with van der Waals surface area (Å²) in [5.74, 6) is -0.707. The molecule has 5 nitrogen and oxygen atoms in total. The van der Waals surface area contributed by atoms with Crippen molar-refractivity contribution in [2.24, 2.45) is 0 Å². The monoisotopic (exact) mass is 472 g/mol. The summed E-state index contributed by atoms with van der Waals surface area (Å²) < 4.78 is 1.65. The first-order valence-corrected chi connectivity index (χ1v) is 10.6. The zero-order valence-corrected chi connectivity index (χ0v) is 18.3. The van der Waals surface area contributed by atoms with Crippen LogP contribution in [0.4, 0.5) is 0 Å². The number of benzene rings is 3. The molecular weight excluding hydrogens is 457 g/mol. The number of hydrazone groups is 1. The van der Waals surface area contributed by atoms with Crippen LogP contribution in [0.5, 0.6) is 0 Å². The highest BCUT2D eigenvalue weighted by atomic mass is 35.5. The summed E-state index contributed by atoms with van der Waals surface area (Å²) in [6.45, 7) is 0. The Morgan fingerprint density at radius 2 is 1.61 bits per heavy atom. The van der Waals surface area contributed by atoms with Gasteiger partial charge in [0, 0.05) is 21.2 Å². The lowest BCUT2D eigenvalue weighted by molar-refractivity contribution is -0.596. The number of hydrogen-bond donors (Lipinski definition) is 2. The fourth-order valence-electron chi connectivity index (χ4n) is 3.41. The van der Waals surface area contributed by atoms with Gasteiger partial charge in [0.15, 0.2) is 6.04 Å². The molecule has 156 valence electrons. The highest BCUT2D eigenvalue weighted by Gasteiger charge is 2.47. The molecule has 4 rings (SSSR count). The van der Waals surface area contributed by atoms with Crippen LogP contribution in [-0.2, 0) is 4.79 Å². The van der Waals surface area contributed by atoms with Crippen LogP contribution in [0.3, 0.4) is 0 Å². The minimum atomic E-state index is -0.826. The summed E-state index contributed by atoms with van der Waals surface area (Å²) in [4.78, 5) is 25.6. The van der Waals surface area contributed by atoms with Gasteiger partial charge < -0.3 is 5.32 Å². The standard InChI is InChI=1S/C23H16Cl3N3O2/c24-17-9-6-15(7-10-17)22(30)27-20-21(14-4-2-1-3-5-14)29(28-23(20)31)13-16-8-11-18(25)12-19(16)26/h1-13,20-21H,(H-,27,28,30,31)/p+1/b29-13-/t20-,21+/m1/s1. The van der Waals surface area contributed by atoms with Crippen molar-refractivity contribution in [2.75, 3.05) is 0 Å². The molecule has 1 aliphatic rings. The molecule has 3 aromatic rings. The minimum Gasteiger partial charge on any atom is -0.334 e. The molecule has 3 aromatic carbocycles. The SMILES string of the molecule is O=C(N[C@H]1C(=O)N/[N+](=C\c2ccc(Cl)cc2Cl)[C@H]1c1ccccc1)c1ccc(Cl)cc1. The third kappa shape index (κ3) is 4.74. The van der Waals surface area contributed by atoms with Gasteiger partial charge >= 0.3 is 5.91 Å². The number of nitrogens with one attached hydrogen (secondary N) is 2. The highest BCUT2D eigenvalue weighted by molar-refractivity contribution is 6.36. The molecule has 1 aliphatic heterocycles. The van der Waals surface area contributed by atoms with E-state index in [1.54, 1.807) is 53.4 Å². The Morgan fingerprint density at radius 1 is 0.935 bits per heavy atom. The third-order valence-corrected chi connectivity index (χ3v) is 5.73. The number of amides is 2. The van der Waals surface area contributed by atoms with E-state index in [0.717, 1.165) is 5.56 Å². The average Bonchev–Trinajstić information content (AvgIpc) is 3.06. The number of carbonyl (C=O) groups is 2. The Balaban J connectivity index is 1.70. The van der Waals surface area contributed by atoms with Gasteiger partial charge in [0.25, 0.3) is 5.91 Å². The second-order valence-electron chi connectivity index (χ2n) is 6.99. The van der Waals surface area contributed by atoms with Crippen LogP contribution in [0.15, 0.2) is 72.8 Å². The summed E-state index contributed by atoms with van der Waals surface area (Å²) in [6.07, 6.45) is 1.72. The van der Waals surface area contributed by atoms with Gasteiger partial charge in [-0.2, -0.15) is 0 Å². The highest BCUT2D eigenvalue weighted by Crippen LogP contribution is 2.27. The molecule has 1 saturated heterocycles. The van der Waals surface area contributed by atoms with Gasteiger partial charge in [-0.1, -0.05) is 65.1 Å². The van der Waals surface area contributed by atoms with Crippen molar-refractivity contribution in [1.29, 1.82) is 0 Å². The molecule has 31 heavy (non-hydrogen) atoms. The fourth-order valence-corrected chi connectivity index (χ4v) is 4.00. The molecule has 0 aromatic heterocycles. The molecule has 2 amide bonds. The van der Waals surface area contributed by atoms with Crippen molar-refractivity contribution in [3.05, 3.63) is 105 Å². The molecule has 0 saturated carbocycles. The maximum atomic E-state index is 12.9. The van der Waals surface area contributed by atoms with Gasteiger partial charge in [-0.15, -0.1) is 10.1 Å². The predicted molar refractivity (Wildman–Crippen MR) is 122 cm³/mol. The molecule has 0 aliphatic carbocycles. The summed E-state index contributed by atoms with van der Waals surface area (Å²) in [7, 11) is 0. The lowest BCUT2D eigenvalue weighted by Gasteiger charge is -2.14. The third-order valence-electron chi connectivity index (χ3n) is 4.91. The summed E-state index contributed by atoms with van der Waals surface area (Å²) in [5, 5.41) is 4.33. The van der Waals surface area contributed by atoms with E-state index in [1.807, 2.05) is 30.3 Å². The number of rotatable bonds is 4. The van der Waals surface area contributed by atoms with E-state index in [9.17, 15) is 9.59 Å². The molecule has 0 bridgehead atoms. The Hall–Kier alpha value is -2.86.